The highest BCUT2D eigenvalue weighted by molar-refractivity contribution is 5.15. The van der Waals surface area contributed by atoms with Crippen LogP contribution in [0.25, 0.3) is 0 Å². The fourth-order valence-corrected chi connectivity index (χ4v) is 1.54. The Bertz CT molecular complexity index is 304. The van der Waals surface area contributed by atoms with E-state index in [9.17, 15) is 0 Å². The van der Waals surface area contributed by atoms with Gasteiger partial charge in [-0.3, -0.25) is 4.68 Å². The van der Waals surface area contributed by atoms with Crippen LogP contribution in [0.15, 0.2) is 6.20 Å². The summed E-state index contributed by atoms with van der Waals surface area (Å²) < 4.78 is 1.91. The van der Waals surface area contributed by atoms with E-state index in [1.165, 1.54) is 11.3 Å². The van der Waals surface area contributed by atoms with Crippen LogP contribution >= 0.6 is 0 Å². The summed E-state index contributed by atoms with van der Waals surface area (Å²) in [4.78, 5) is 0. The molecule has 1 rings (SSSR count). The zero-order valence-electron chi connectivity index (χ0n) is 10.9. The molecule has 2 N–H and O–H groups in total. The molecule has 0 saturated carbocycles. The number of nitrogens with one attached hydrogen (secondary N) is 2. The molecule has 92 valence electrons. The van der Waals surface area contributed by atoms with Gasteiger partial charge in [-0.15, -0.1) is 0 Å². The molecule has 1 heterocycles. The van der Waals surface area contributed by atoms with E-state index < -0.39 is 0 Å². The molecule has 4 nitrogen and oxygen atoms in total. The van der Waals surface area contributed by atoms with Gasteiger partial charge >= 0.3 is 0 Å². The SMILES string of the molecule is Cc1c(CNCCCNC(C)C)cnn1C. The van der Waals surface area contributed by atoms with Crippen LogP contribution < -0.4 is 10.6 Å². The molecule has 0 spiro atoms. The van der Waals surface area contributed by atoms with Gasteiger partial charge < -0.3 is 10.6 Å². The van der Waals surface area contributed by atoms with E-state index in [-0.39, 0.29) is 0 Å². The lowest BCUT2D eigenvalue weighted by molar-refractivity contribution is 0.547. The molecular weight excluding hydrogens is 200 g/mol. The minimum Gasteiger partial charge on any atom is -0.314 e. The molecule has 16 heavy (non-hydrogen) atoms. The first-order valence-corrected chi connectivity index (χ1v) is 6.03. The number of hydrogen-bond donors (Lipinski definition) is 2. The third-order valence-electron chi connectivity index (χ3n) is 2.74. The van der Waals surface area contributed by atoms with Crippen molar-refractivity contribution in [3.05, 3.63) is 17.5 Å². The second kappa shape index (κ2) is 6.66. The van der Waals surface area contributed by atoms with Gasteiger partial charge in [0.2, 0.25) is 0 Å². The Morgan fingerprint density at radius 3 is 2.69 bits per heavy atom. The third kappa shape index (κ3) is 4.33. The summed E-state index contributed by atoms with van der Waals surface area (Å²) >= 11 is 0. The maximum atomic E-state index is 4.22. The maximum absolute atomic E-state index is 4.22. The van der Waals surface area contributed by atoms with Crippen molar-refractivity contribution in [1.29, 1.82) is 0 Å². The lowest BCUT2D eigenvalue weighted by atomic mass is 10.2. The molecule has 0 aliphatic heterocycles. The maximum Gasteiger partial charge on any atom is 0.0537 e. The largest absolute Gasteiger partial charge is 0.314 e. The van der Waals surface area contributed by atoms with Crippen LogP contribution in [-0.4, -0.2) is 28.9 Å². The quantitative estimate of drug-likeness (QED) is 0.684. The van der Waals surface area contributed by atoms with E-state index in [4.69, 9.17) is 0 Å². The second-order valence-electron chi connectivity index (χ2n) is 4.52. The molecule has 0 fully saturated rings. The molecule has 0 saturated heterocycles. The molecule has 0 unspecified atom stereocenters. The summed E-state index contributed by atoms with van der Waals surface area (Å²) in [6.45, 7) is 9.50. The van der Waals surface area contributed by atoms with Gasteiger partial charge in [0.15, 0.2) is 0 Å². The Labute approximate surface area is 98.4 Å². The molecule has 0 aliphatic carbocycles. The Morgan fingerprint density at radius 2 is 2.12 bits per heavy atom. The summed E-state index contributed by atoms with van der Waals surface area (Å²) in [5, 5.41) is 11.1. The Morgan fingerprint density at radius 1 is 1.38 bits per heavy atom. The van der Waals surface area contributed by atoms with Crippen LogP contribution in [0.4, 0.5) is 0 Å². The first-order chi connectivity index (χ1) is 7.61. The van der Waals surface area contributed by atoms with Gasteiger partial charge in [-0.1, -0.05) is 13.8 Å². The fraction of sp³-hybridized carbons (Fsp3) is 0.750. The minimum absolute atomic E-state index is 0.584. The van der Waals surface area contributed by atoms with Gasteiger partial charge in [-0.2, -0.15) is 5.10 Å². The third-order valence-corrected chi connectivity index (χ3v) is 2.74. The van der Waals surface area contributed by atoms with Crippen molar-refractivity contribution in [1.82, 2.24) is 20.4 Å². The van der Waals surface area contributed by atoms with E-state index in [2.05, 4.69) is 36.5 Å². The van der Waals surface area contributed by atoms with E-state index in [1.54, 1.807) is 0 Å². The Hall–Kier alpha value is -0.870. The molecule has 0 aromatic carbocycles. The highest BCUT2D eigenvalue weighted by atomic mass is 15.3. The van der Waals surface area contributed by atoms with Crippen LogP contribution in [0.3, 0.4) is 0 Å². The summed E-state index contributed by atoms with van der Waals surface area (Å²) in [7, 11) is 1.98. The first-order valence-electron chi connectivity index (χ1n) is 6.03. The van der Waals surface area contributed by atoms with Gasteiger partial charge in [-0.05, 0) is 26.4 Å². The van der Waals surface area contributed by atoms with Crippen LogP contribution in [0.2, 0.25) is 0 Å². The van der Waals surface area contributed by atoms with Crippen LogP contribution in [0, 0.1) is 6.92 Å². The predicted molar refractivity (Wildman–Crippen MR) is 67.4 cm³/mol. The average Bonchev–Trinajstić information content (AvgIpc) is 2.54. The molecule has 1 aromatic rings. The smallest absolute Gasteiger partial charge is 0.0537 e. The van der Waals surface area contributed by atoms with Crippen LogP contribution in [0.1, 0.15) is 31.5 Å². The molecular formula is C12H24N4. The summed E-state index contributed by atoms with van der Waals surface area (Å²) in [6.07, 6.45) is 3.10. The zero-order valence-corrected chi connectivity index (χ0v) is 10.9. The minimum atomic E-state index is 0.584. The van der Waals surface area contributed by atoms with Crippen molar-refractivity contribution in [3.63, 3.8) is 0 Å². The van der Waals surface area contributed by atoms with Crippen LogP contribution in [0.5, 0.6) is 0 Å². The molecule has 0 radical (unpaired) electrons. The molecule has 0 aliphatic rings. The fourth-order valence-electron chi connectivity index (χ4n) is 1.54. The number of rotatable bonds is 7. The molecule has 1 aromatic heterocycles. The topological polar surface area (TPSA) is 41.9 Å². The molecule has 4 heteroatoms. The van der Waals surface area contributed by atoms with Gasteiger partial charge in [0.1, 0.15) is 0 Å². The number of aryl methyl sites for hydroxylation is 1. The van der Waals surface area contributed by atoms with Gasteiger partial charge in [0, 0.05) is 30.9 Å². The van der Waals surface area contributed by atoms with Crippen molar-refractivity contribution in [3.8, 4) is 0 Å². The zero-order chi connectivity index (χ0) is 12.0. The highest BCUT2D eigenvalue weighted by Gasteiger charge is 2.02. The average molecular weight is 224 g/mol. The Balaban J connectivity index is 2.10. The van der Waals surface area contributed by atoms with Gasteiger partial charge in [0.25, 0.3) is 0 Å². The number of hydrogen-bond acceptors (Lipinski definition) is 3. The van der Waals surface area contributed by atoms with E-state index in [0.717, 1.165) is 26.1 Å². The summed E-state index contributed by atoms with van der Waals surface area (Å²) in [6, 6.07) is 0.584. The van der Waals surface area contributed by atoms with E-state index in [0.29, 0.717) is 6.04 Å². The van der Waals surface area contributed by atoms with Gasteiger partial charge in [0.05, 0.1) is 6.20 Å². The molecule has 0 amide bonds. The van der Waals surface area contributed by atoms with Crippen molar-refractivity contribution in [2.75, 3.05) is 13.1 Å². The van der Waals surface area contributed by atoms with Crippen molar-refractivity contribution >= 4 is 0 Å². The Kier molecular flexibility index (Phi) is 5.49. The normalized spacial score (nSPS) is 11.3. The lowest BCUT2D eigenvalue weighted by Crippen LogP contribution is -2.26. The van der Waals surface area contributed by atoms with E-state index in [1.807, 2.05) is 17.9 Å². The number of nitrogens with zero attached hydrogens (tertiary/aromatic N) is 2. The van der Waals surface area contributed by atoms with Crippen LogP contribution in [-0.2, 0) is 13.6 Å². The van der Waals surface area contributed by atoms with Gasteiger partial charge in [-0.25, -0.2) is 0 Å². The lowest BCUT2D eigenvalue weighted by Gasteiger charge is -2.08. The standard InChI is InChI=1S/C12H24N4/c1-10(2)14-7-5-6-13-8-12-9-15-16(4)11(12)3/h9-10,13-14H,5-8H2,1-4H3. The van der Waals surface area contributed by atoms with Crippen molar-refractivity contribution in [2.45, 2.75) is 39.8 Å². The van der Waals surface area contributed by atoms with Crippen molar-refractivity contribution in [2.24, 2.45) is 7.05 Å². The summed E-state index contributed by atoms with van der Waals surface area (Å²) in [5.41, 5.74) is 2.53. The number of aromatic nitrogens is 2. The summed E-state index contributed by atoms with van der Waals surface area (Å²) in [5.74, 6) is 0. The van der Waals surface area contributed by atoms with Crippen molar-refractivity contribution < 1.29 is 0 Å². The first kappa shape index (κ1) is 13.2. The highest BCUT2D eigenvalue weighted by Crippen LogP contribution is 2.04. The predicted octanol–water partition coefficient (Wildman–Crippen LogP) is 1.21. The monoisotopic (exact) mass is 224 g/mol. The molecule has 0 bridgehead atoms. The second-order valence-corrected chi connectivity index (χ2v) is 4.52. The molecule has 0 atom stereocenters. The van der Waals surface area contributed by atoms with E-state index >= 15 is 0 Å².